The molecule has 0 saturated carbocycles. The Morgan fingerprint density at radius 2 is 1.50 bits per heavy atom. The molecule has 0 fully saturated rings. The summed E-state index contributed by atoms with van der Waals surface area (Å²) in [6, 6.07) is 26.0. The van der Waals surface area contributed by atoms with Crippen LogP contribution in [-0.4, -0.2) is 11.6 Å². The minimum Gasteiger partial charge on any atom is -0.302 e. The van der Waals surface area contributed by atoms with Crippen molar-refractivity contribution < 1.29 is 4.79 Å². The summed E-state index contributed by atoms with van der Waals surface area (Å²) in [5, 5.41) is 0. The Kier molecular flexibility index (Phi) is 4.36. The van der Waals surface area contributed by atoms with Crippen LogP contribution < -0.4 is 4.90 Å². The fourth-order valence-corrected chi connectivity index (χ4v) is 3.23. The average molecular weight is 340 g/mol. The van der Waals surface area contributed by atoms with Crippen molar-refractivity contribution in [3.63, 3.8) is 0 Å². The highest BCUT2D eigenvalue weighted by molar-refractivity contribution is 6.54. The summed E-state index contributed by atoms with van der Waals surface area (Å²) in [4.78, 5) is 19.6. The lowest BCUT2D eigenvalue weighted by Crippen LogP contribution is -2.29. The third kappa shape index (κ3) is 3.04. The van der Waals surface area contributed by atoms with Gasteiger partial charge in [0.15, 0.2) is 0 Å². The van der Waals surface area contributed by atoms with Gasteiger partial charge in [0.1, 0.15) is 5.71 Å². The summed E-state index contributed by atoms with van der Waals surface area (Å²) in [6.07, 6.45) is 0.990. The second-order valence-electron chi connectivity index (χ2n) is 6.37. The summed E-state index contributed by atoms with van der Waals surface area (Å²) in [7, 11) is 0. The third-order valence-electron chi connectivity index (χ3n) is 4.67. The van der Waals surface area contributed by atoms with Gasteiger partial charge in [0.2, 0.25) is 0 Å². The number of nitrogens with zero attached hydrogens (tertiary/aromatic N) is 2. The Bertz CT molecular complexity index is 959. The molecular formula is C23H20N2O. The quantitative estimate of drug-likeness (QED) is 0.664. The molecular weight excluding hydrogens is 320 g/mol. The van der Waals surface area contributed by atoms with Gasteiger partial charge in [0.05, 0.1) is 17.9 Å². The molecule has 3 heteroatoms. The zero-order valence-corrected chi connectivity index (χ0v) is 14.7. The highest BCUT2D eigenvalue weighted by atomic mass is 16.2. The maximum Gasteiger partial charge on any atom is 0.277 e. The van der Waals surface area contributed by atoms with Crippen molar-refractivity contribution in [2.45, 2.75) is 19.9 Å². The van der Waals surface area contributed by atoms with Gasteiger partial charge in [0, 0.05) is 5.56 Å². The van der Waals surface area contributed by atoms with Crippen LogP contribution in [0.2, 0.25) is 0 Å². The molecule has 3 aromatic carbocycles. The van der Waals surface area contributed by atoms with Gasteiger partial charge < -0.3 is 4.90 Å². The molecule has 1 heterocycles. The summed E-state index contributed by atoms with van der Waals surface area (Å²) < 4.78 is 0. The lowest BCUT2D eigenvalue weighted by Gasteiger charge is -2.16. The van der Waals surface area contributed by atoms with E-state index in [1.807, 2.05) is 71.6 Å². The van der Waals surface area contributed by atoms with Gasteiger partial charge in [-0.1, -0.05) is 67.6 Å². The average Bonchev–Trinajstić information content (AvgIpc) is 2.95. The molecule has 0 aromatic heterocycles. The van der Waals surface area contributed by atoms with E-state index in [4.69, 9.17) is 0 Å². The maximum atomic E-state index is 13.1. The highest BCUT2D eigenvalue weighted by Gasteiger charge is 2.33. The fraction of sp³-hybridized carbons (Fsp3) is 0.130. The van der Waals surface area contributed by atoms with Crippen molar-refractivity contribution in [2.24, 2.45) is 4.99 Å². The van der Waals surface area contributed by atoms with Crippen LogP contribution in [-0.2, 0) is 17.8 Å². The van der Waals surface area contributed by atoms with Gasteiger partial charge in [-0.2, -0.15) is 0 Å². The van der Waals surface area contributed by atoms with Gasteiger partial charge in [-0.15, -0.1) is 0 Å². The third-order valence-corrected chi connectivity index (χ3v) is 4.67. The molecule has 0 atom stereocenters. The molecule has 128 valence electrons. The lowest BCUT2D eigenvalue weighted by molar-refractivity contribution is -0.112. The number of benzene rings is 3. The Hall–Kier alpha value is -3.20. The molecule has 0 unspecified atom stereocenters. The first-order valence-corrected chi connectivity index (χ1v) is 8.89. The number of para-hydroxylation sites is 1. The molecule has 0 N–H and O–H groups in total. The van der Waals surface area contributed by atoms with E-state index in [9.17, 15) is 4.79 Å². The van der Waals surface area contributed by atoms with Crippen LogP contribution in [0.3, 0.4) is 0 Å². The number of anilines is 1. The molecule has 1 aliphatic rings. The first-order chi connectivity index (χ1) is 12.8. The summed E-state index contributed by atoms with van der Waals surface area (Å²) in [6.45, 7) is 2.67. The predicted octanol–water partition coefficient (Wildman–Crippen LogP) is 4.92. The molecule has 26 heavy (non-hydrogen) atoms. The van der Waals surface area contributed by atoms with Gasteiger partial charge in [-0.3, -0.25) is 4.79 Å². The number of aliphatic imine (C=N–C) groups is 1. The minimum absolute atomic E-state index is 0.0466. The van der Waals surface area contributed by atoms with Crippen LogP contribution in [0.5, 0.6) is 0 Å². The standard InChI is InChI=1S/C23H20N2O/c1-2-17-12-14-19(15-13-17)24-22-20-10-6-7-11-21(20)25(23(22)26)16-18-8-4-3-5-9-18/h3-15H,2,16H2,1H3. The Balaban J connectivity index is 1.72. The summed E-state index contributed by atoms with van der Waals surface area (Å²) in [5.41, 5.74) is 5.50. The zero-order chi connectivity index (χ0) is 17.9. The Morgan fingerprint density at radius 1 is 0.808 bits per heavy atom. The molecule has 3 nitrogen and oxygen atoms in total. The van der Waals surface area contributed by atoms with Gasteiger partial charge >= 0.3 is 0 Å². The molecule has 0 spiro atoms. The molecule has 0 saturated heterocycles. The van der Waals surface area contributed by atoms with E-state index in [0.29, 0.717) is 12.3 Å². The van der Waals surface area contributed by atoms with Gasteiger partial charge in [-0.25, -0.2) is 4.99 Å². The monoisotopic (exact) mass is 340 g/mol. The van der Waals surface area contributed by atoms with Gasteiger partial charge in [0.25, 0.3) is 5.91 Å². The van der Waals surface area contributed by atoms with E-state index in [-0.39, 0.29) is 5.91 Å². The number of amides is 1. The number of fused-ring (bicyclic) bond motifs is 1. The zero-order valence-electron chi connectivity index (χ0n) is 14.7. The van der Waals surface area contributed by atoms with Crippen molar-refractivity contribution >= 4 is 23.0 Å². The van der Waals surface area contributed by atoms with Crippen LogP contribution in [0.15, 0.2) is 83.9 Å². The molecule has 1 aliphatic heterocycles. The molecule has 1 amide bonds. The maximum absolute atomic E-state index is 13.1. The first-order valence-electron chi connectivity index (χ1n) is 8.89. The number of carbonyl (C=O) groups is 1. The number of aryl methyl sites for hydroxylation is 1. The minimum atomic E-state index is -0.0466. The van der Waals surface area contributed by atoms with Gasteiger partial charge in [-0.05, 0) is 35.7 Å². The molecule has 3 aromatic rings. The molecule has 0 radical (unpaired) electrons. The largest absolute Gasteiger partial charge is 0.302 e. The normalized spacial score (nSPS) is 14.7. The molecule has 0 aliphatic carbocycles. The van der Waals surface area contributed by atoms with E-state index >= 15 is 0 Å². The van der Waals surface area contributed by atoms with E-state index in [1.54, 1.807) is 0 Å². The smallest absolute Gasteiger partial charge is 0.277 e. The van der Waals surface area contributed by atoms with Crippen LogP contribution in [0.25, 0.3) is 0 Å². The SMILES string of the molecule is CCc1ccc(N=C2C(=O)N(Cc3ccccc3)c3ccccc32)cc1. The second kappa shape index (κ2) is 6.96. The van der Waals surface area contributed by atoms with E-state index in [1.165, 1.54) is 5.56 Å². The van der Waals surface area contributed by atoms with Crippen LogP contribution in [0, 0.1) is 0 Å². The lowest BCUT2D eigenvalue weighted by atomic mass is 10.1. The Morgan fingerprint density at radius 3 is 2.23 bits per heavy atom. The number of hydrogen-bond donors (Lipinski definition) is 0. The van der Waals surface area contributed by atoms with E-state index < -0.39 is 0 Å². The molecule has 4 rings (SSSR count). The van der Waals surface area contributed by atoms with Crippen LogP contribution in [0.1, 0.15) is 23.6 Å². The van der Waals surface area contributed by atoms with Crippen LogP contribution >= 0.6 is 0 Å². The predicted molar refractivity (Wildman–Crippen MR) is 106 cm³/mol. The van der Waals surface area contributed by atoms with E-state index in [0.717, 1.165) is 28.9 Å². The fourth-order valence-electron chi connectivity index (χ4n) is 3.23. The van der Waals surface area contributed by atoms with Crippen molar-refractivity contribution in [2.75, 3.05) is 4.90 Å². The summed E-state index contributed by atoms with van der Waals surface area (Å²) >= 11 is 0. The number of rotatable bonds is 4. The Labute approximate surface area is 153 Å². The topological polar surface area (TPSA) is 32.7 Å². The van der Waals surface area contributed by atoms with E-state index in [2.05, 4.69) is 24.0 Å². The summed E-state index contributed by atoms with van der Waals surface area (Å²) in [5.74, 6) is -0.0466. The van der Waals surface area contributed by atoms with Crippen molar-refractivity contribution in [3.05, 3.63) is 95.6 Å². The van der Waals surface area contributed by atoms with Crippen LogP contribution in [0.4, 0.5) is 11.4 Å². The second-order valence-corrected chi connectivity index (χ2v) is 6.37. The first kappa shape index (κ1) is 16.3. The van der Waals surface area contributed by atoms with Crippen molar-refractivity contribution in [1.29, 1.82) is 0 Å². The number of carbonyl (C=O) groups excluding carboxylic acids is 1. The number of hydrogen-bond acceptors (Lipinski definition) is 2. The molecule has 0 bridgehead atoms. The van der Waals surface area contributed by atoms with Crippen molar-refractivity contribution in [1.82, 2.24) is 0 Å². The van der Waals surface area contributed by atoms with Crippen molar-refractivity contribution in [3.8, 4) is 0 Å². The highest BCUT2D eigenvalue weighted by Crippen LogP contribution is 2.32.